The van der Waals surface area contributed by atoms with Crippen molar-refractivity contribution in [1.82, 2.24) is 0 Å². The molecule has 2 nitrogen and oxygen atoms in total. The average molecular weight is 245 g/mol. The molecule has 5 heteroatoms. The molecule has 0 saturated carbocycles. The number of thioether (sulfide) groups is 1. The second-order valence-corrected chi connectivity index (χ2v) is 4.40. The van der Waals surface area contributed by atoms with Gasteiger partial charge in [0.1, 0.15) is 11.5 Å². The monoisotopic (exact) mass is 245 g/mol. The second-order valence-electron chi connectivity index (χ2n) is 3.26. The minimum Gasteiger partial charge on any atom is -0.321 e. The van der Waals surface area contributed by atoms with E-state index < -0.39 is 17.5 Å². The molecule has 0 aliphatic carbocycles. The largest absolute Gasteiger partial charge is 0.321 e. The van der Waals surface area contributed by atoms with E-state index in [1.54, 1.807) is 0 Å². The fraction of sp³-hybridized carbons (Fsp3) is 0.364. The lowest BCUT2D eigenvalue weighted by atomic mass is 10.3. The highest BCUT2D eigenvalue weighted by Gasteiger charge is 2.14. The molecule has 1 aromatic carbocycles. The maximum atomic E-state index is 13.7. The van der Waals surface area contributed by atoms with Crippen molar-refractivity contribution in [1.29, 1.82) is 0 Å². The summed E-state index contributed by atoms with van der Waals surface area (Å²) in [5, 5.41) is 2.16. The second kappa shape index (κ2) is 5.84. The number of hydrogen-bond donors (Lipinski definition) is 1. The van der Waals surface area contributed by atoms with Gasteiger partial charge in [0.2, 0.25) is 5.91 Å². The number of carbonyl (C=O) groups excluding carboxylic acids is 1. The topological polar surface area (TPSA) is 29.1 Å². The molecule has 88 valence electrons. The highest BCUT2D eigenvalue weighted by atomic mass is 32.2. The summed E-state index contributed by atoms with van der Waals surface area (Å²) in [6, 6.07) is 2.54. The molecule has 0 saturated heterocycles. The van der Waals surface area contributed by atoms with Crippen LogP contribution in [0.3, 0.4) is 0 Å². The molecule has 0 bridgehead atoms. The molecule has 0 aromatic heterocycles. The Bertz CT molecular complexity index is 396. The number of benzene rings is 1. The van der Waals surface area contributed by atoms with Gasteiger partial charge in [-0.1, -0.05) is 6.92 Å². The van der Waals surface area contributed by atoms with Crippen molar-refractivity contribution in [3.05, 3.63) is 23.8 Å². The van der Waals surface area contributed by atoms with Gasteiger partial charge in [-0.15, -0.1) is 11.8 Å². The number of anilines is 1. The number of rotatable bonds is 4. The summed E-state index contributed by atoms with van der Waals surface area (Å²) >= 11 is 1.30. The molecule has 0 heterocycles. The molecule has 0 atom stereocenters. The maximum Gasteiger partial charge on any atom is 0.221 e. The van der Waals surface area contributed by atoms with Crippen LogP contribution < -0.4 is 5.32 Å². The third-order valence-electron chi connectivity index (χ3n) is 1.82. The smallest absolute Gasteiger partial charge is 0.221 e. The van der Waals surface area contributed by atoms with Crippen LogP contribution in [0.15, 0.2) is 17.0 Å². The van der Waals surface area contributed by atoms with Crippen molar-refractivity contribution in [3.8, 4) is 0 Å². The van der Waals surface area contributed by atoms with Gasteiger partial charge in [0, 0.05) is 11.8 Å². The van der Waals surface area contributed by atoms with Crippen LogP contribution in [0.4, 0.5) is 14.5 Å². The Morgan fingerprint density at radius 1 is 1.44 bits per heavy atom. The number of nitrogens with one attached hydrogen (secondary N) is 1. The first kappa shape index (κ1) is 13.0. The molecule has 0 fully saturated rings. The number of carbonyl (C=O) groups is 1. The van der Waals surface area contributed by atoms with E-state index in [1.165, 1.54) is 24.8 Å². The van der Waals surface area contributed by atoms with Crippen LogP contribution in [0, 0.1) is 11.6 Å². The fourth-order valence-electron chi connectivity index (χ4n) is 1.15. The lowest BCUT2D eigenvalue weighted by Gasteiger charge is -2.09. The van der Waals surface area contributed by atoms with Crippen LogP contribution in [0.2, 0.25) is 0 Å². The first-order valence-electron chi connectivity index (χ1n) is 4.94. The summed E-state index contributed by atoms with van der Waals surface area (Å²) in [6.07, 6.45) is 0.900. The summed E-state index contributed by atoms with van der Waals surface area (Å²) in [5.41, 5.74) is -0.367. The van der Waals surface area contributed by atoms with Crippen LogP contribution in [0.1, 0.15) is 20.3 Å². The third kappa shape index (κ3) is 3.20. The van der Waals surface area contributed by atoms with Crippen LogP contribution in [-0.4, -0.2) is 11.7 Å². The van der Waals surface area contributed by atoms with Crippen LogP contribution in [0.5, 0.6) is 0 Å². The standard InChI is InChI=1S/C11H13F2NOS/c1-3-6-16-9-5-4-8(12)11(10(9)13)14-7(2)15/h4-5H,3,6H2,1-2H3,(H,14,15). The van der Waals surface area contributed by atoms with E-state index in [-0.39, 0.29) is 5.69 Å². The summed E-state index contributed by atoms with van der Waals surface area (Å²) < 4.78 is 27.0. The van der Waals surface area contributed by atoms with Crippen LogP contribution >= 0.6 is 11.8 Å². The molecular weight excluding hydrogens is 232 g/mol. The van der Waals surface area contributed by atoms with Gasteiger partial charge in [0.15, 0.2) is 5.82 Å². The highest BCUT2D eigenvalue weighted by molar-refractivity contribution is 7.99. The number of halogens is 2. The Kier molecular flexibility index (Phi) is 4.73. The zero-order valence-electron chi connectivity index (χ0n) is 9.14. The van der Waals surface area contributed by atoms with E-state index in [4.69, 9.17) is 0 Å². The van der Waals surface area contributed by atoms with Crippen LogP contribution in [-0.2, 0) is 4.79 Å². The predicted molar refractivity (Wildman–Crippen MR) is 61.7 cm³/mol. The number of amides is 1. The molecule has 1 aromatic rings. The minimum absolute atomic E-state index is 0.354. The van der Waals surface area contributed by atoms with Gasteiger partial charge >= 0.3 is 0 Å². The zero-order valence-corrected chi connectivity index (χ0v) is 9.96. The van der Waals surface area contributed by atoms with E-state index in [9.17, 15) is 13.6 Å². The molecule has 1 rings (SSSR count). The summed E-state index contributed by atoms with van der Waals surface area (Å²) in [6.45, 7) is 3.19. The Hall–Kier alpha value is -1.10. The Labute approximate surface area is 97.4 Å². The summed E-state index contributed by atoms with van der Waals surface area (Å²) in [7, 11) is 0. The molecule has 0 radical (unpaired) electrons. The molecule has 16 heavy (non-hydrogen) atoms. The van der Waals surface area contributed by atoms with E-state index >= 15 is 0 Å². The van der Waals surface area contributed by atoms with E-state index in [1.807, 2.05) is 6.92 Å². The average Bonchev–Trinajstić information content (AvgIpc) is 2.23. The highest BCUT2D eigenvalue weighted by Crippen LogP contribution is 2.29. The number of hydrogen-bond acceptors (Lipinski definition) is 2. The summed E-state index contributed by atoms with van der Waals surface area (Å²) in [4.78, 5) is 11.1. The van der Waals surface area contributed by atoms with Crippen molar-refractivity contribution < 1.29 is 13.6 Å². The van der Waals surface area contributed by atoms with E-state index in [0.29, 0.717) is 4.90 Å². The van der Waals surface area contributed by atoms with E-state index in [0.717, 1.165) is 18.2 Å². The molecule has 0 aliphatic heterocycles. The van der Waals surface area contributed by atoms with Gasteiger partial charge in [-0.2, -0.15) is 0 Å². The van der Waals surface area contributed by atoms with Gasteiger partial charge in [-0.05, 0) is 24.3 Å². The van der Waals surface area contributed by atoms with Gasteiger partial charge in [-0.3, -0.25) is 4.79 Å². The van der Waals surface area contributed by atoms with Gasteiger partial charge in [-0.25, -0.2) is 8.78 Å². The SMILES string of the molecule is CCCSc1ccc(F)c(NC(C)=O)c1F. The van der Waals surface area contributed by atoms with Crippen molar-refractivity contribution in [2.24, 2.45) is 0 Å². The third-order valence-corrected chi connectivity index (χ3v) is 3.06. The Balaban J connectivity index is 3.01. The molecule has 1 N–H and O–H groups in total. The van der Waals surface area contributed by atoms with Crippen molar-refractivity contribution in [2.75, 3.05) is 11.1 Å². The lowest BCUT2D eigenvalue weighted by Crippen LogP contribution is -2.10. The lowest BCUT2D eigenvalue weighted by molar-refractivity contribution is -0.114. The molecule has 0 spiro atoms. The quantitative estimate of drug-likeness (QED) is 0.823. The van der Waals surface area contributed by atoms with Crippen molar-refractivity contribution in [2.45, 2.75) is 25.2 Å². The molecular formula is C11H13F2NOS. The first-order valence-corrected chi connectivity index (χ1v) is 5.93. The van der Waals surface area contributed by atoms with Gasteiger partial charge < -0.3 is 5.32 Å². The van der Waals surface area contributed by atoms with Crippen molar-refractivity contribution >= 4 is 23.4 Å². The molecule has 0 unspecified atom stereocenters. The normalized spacial score (nSPS) is 10.2. The summed E-state index contributed by atoms with van der Waals surface area (Å²) in [5.74, 6) is -1.19. The Morgan fingerprint density at radius 3 is 2.69 bits per heavy atom. The Morgan fingerprint density at radius 2 is 2.12 bits per heavy atom. The molecule has 0 aliphatic rings. The fourth-order valence-corrected chi connectivity index (χ4v) is 1.96. The zero-order chi connectivity index (χ0) is 12.1. The minimum atomic E-state index is -0.756. The van der Waals surface area contributed by atoms with Crippen molar-refractivity contribution in [3.63, 3.8) is 0 Å². The van der Waals surface area contributed by atoms with Gasteiger partial charge in [0.05, 0.1) is 0 Å². The predicted octanol–water partition coefficient (Wildman–Crippen LogP) is 3.43. The first-order chi connectivity index (χ1) is 7.56. The van der Waals surface area contributed by atoms with Gasteiger partial charge in [0.25, 0.3) is 0 Å². The van der Waals surface area contributed by atoms with E-state index in [2.05, 4.69) is 5.32 Å². The maximum absolute atomic E-state index is 13.7. The van der Waals surface area contributed by atoms with Crippen LogP contribution in [0.25, 0.3) is 0 Å². The molecule has 1 amide bonds.